The molecule has 11 heavy (non-hydrogen) atoms. The van der Waals surface area contributed by atoms with Crippen LogP contribution in [-0.2, 0) is 14.3 Å². The third kappa shape index (κ3) is 2.50. The third-order valence-corrected chi connectivity index (χ3v) is 1.69. The van der Waals surface area contributed by atoms with Crippen molar-refractivity contribution in [2.45, 2.75) is 38.9 Å². The molecule has 0 aromatic heterocycles. The van der Waals surface area contributed by atoms with Crippen molar-refractivity contribution in [2.24, 2.45) is 0 Å². The summed E-state index contributed by atoms with van der Waals surface area (Å²) in [6, 6.07) is 0. The zero-order chi connectivity index (χ0) is 8.27. The Kier molecular flexibility index (Phi) is 2.88. The van der Waals surface area contributed by atoms with E-state index in [4.69, 9.17) is 9.47 Å². The molecule has 0 unspecified atom stereocenters. The van der Waals surface area contributed by atoms with Gasteiger partial charge in [0.05, 0.1) is 12.7 Å². The molecule has 0 aromatic carbocycles. The maximum atomic E-state index is 10.9. The predicted molar refractivity (Wildman–Crippen MR) is 40.2 cm³/mol. The Hall–Kier alpha value is -0.570. The van der Waals surface area contributed by atoms with Gasteiger partial charge in [-0.3, -0.25) is 0 Å². The van der Waals surface area contributed by atoms with Crippen molar-refractivity contribution < 1.29 is 14.3 Å². The van der Waals surface area contributed by atoms with Gasteiger partial charge in [0.2, 0.25) is 0 Å². The van der Waals surface area contributed by atoms with Gasteiger partial charge in [-0.2, -0.15) is 0 Å². The average molecular weight is 158 g/mol. The van der Waals surface area contributed by atoms with Gasteiger partial charge in [-0.05, 0) is 13.3 Å². The first-order chi connectivity index (χ1) is 5.25. The van der Waals surface area contributed by atoms with Gasteiger partial charge >= 0.3 is 5.97 Å². The standard InChI is InChI=1S/C8H14O3/c1-3-4-5-10-8(9)7-6(2)11-7/h6-7H,3-5H2,1-2H3/t6-,7+/m1/s1. The topological polar surface area (TPSA) is 38.8 Å². The van der Waals surface area contributed by atoms with Gasteiger partial charge in [-0.25, -0.2) is 4.79 Å². The molecule has 0 aliphatic carbocycles. The highest BCUT2D eigenvalue weighted by molar-refractivity contribution is 5.77. The number of carbonyl (C=O) groups is 1. The van der Waals surface area contributed by atoms with Crippen LogP contribution in [0.3, 0.4) is 0 Å². The average Bonchev–Trinajstić information content (AvgIpc) is 2.67. The summed E-state index contributed by atoms with van der Waals surface area (Å²) in [5.41, 5.74) is 0. The van der Waals surface area contributed by atoms with Gasteiger partial charge in [0.25, 0.3) is 0 Å². The Morgan fingerprint density at radius 1 is 1.64 bits per heavy atom. The van der Waals surface area contributed by atoms with E-state index in [1.54, 1.807) is 0 Å². The lowest BCUT2D eigenvalue weighted by atomic mass is 10.3. The second kappa shape index (κ2) is 3.72. The van der Waals surface area contributed by atoms with Gasteiger partial charge in [0.1, 0.15) is 0 Å². The largest absolute Gasteiger partial charge is 0.464 e. The number of hydrogen-bond acceptors (Lipinski definition) is 3. The fraction of sp³-hybridized carbons (Fsp3) is 0.875. The smallest absolute Gasteiger partial charge is 0.337 e. The summed E-state index contributed by atoms with van der Waals surface area (Å²) >= 11 is 0. The second-order valence-electron chi connectivity index (χ2n) is 2.78. The summed E-state index contributed by atoms with van der Waals surface area (Å²) in [7, 11) is 0. The minimum Gasteiger partial charge on any atom is -0.464 e. The van der Waals surface area contributed by atoms with E-state index in [2.05, 4.69) is 6.92 Å². The SMILES string of the molecule is CCCCOC(=O)[C@H]1O[C@@H]1C. The predicted octanol–water partition coefficient (Wildman–Crippen LogP) is 1.12. The van der Waals surface area contributed by atoms with E-state index < -0.39 is 0 Å². The number of unbranched alkanes of at least 4 members (excludes halogenated alkanes) is 1. The van der Waals surface area contributed by atoms with Crippen LogP contribution in [0.1, 0.15) is 26.7 Å². The molecule has 0 spiro atoms. The van der Waals surface area contributed by atoms with Crippen molar-refractivity contribution in [2.75, 3.05) is 6.61 Å². The van der Waals surface area contributed by atoms with E-state index in [1.165, 1.54) is 0 Å². The van der Waals surface area contributed by atoms with Crippen molar-refractivity contribution in [3.05, 3.63) is 0 Å². The van der Waals surface area contributed by atoms with Gasteiger partial charge < -0.3 is 9.47 Å². The molecule has 64 valence electrons. The fourth-order valence-electron chi connectivity index (χ4n) is 0.832. The molecule has 2 atom stereocenters. The number of esters is 1. The lowest BCUT2D eigenvalue weighted by molar-refractivity contribution is -0.145. The minimum absolute atomic E-state index is 0.0733. The molecule has 1 saturated heterocycles. The van der Waals surface area contributed by atoms with Crippen LogP contribution in [0.4, 0.5) is 0 Å². The van der Waals surface area contributed by atoms with Crippen LogP contribution in [-0.4, -0.2) is 24.8 Å². The van der Waals surface area contributed by atoms with Crippen molar-refractivity contribution in [1.82, 2.24) is 0 Å². The van der Waals surface area contributed by atoms with Crippen molar-refractivity contribution >= 4 is 5.97 Å². The lowest BCUT2D eigenvalue weighted by Gasteiger charge is -1.99. The minimum atomic E-state index is -0.271. The van der Waals surface area contributed by atoms with E-state index >= 15 is 0 Å². The Morgan fingerprint density at radius 3 is 2.73 bits per heavy atom. The Labute approximate surface area is 66.7 Å². The van der Waals surface area contributed by atoms with Crippen LogP contribution in [0, 0.1) is 0 Å². The Morgan fingerprint density at radius 2 is 2.27 bits per heavy atom. The molecular formula is C8H14O3. The maximum Gasteiger partial charge on any atom is 0.337 e. The molecule has 0 aromatic rings. The monoisotopic (exact) mass is 158 g/mol. The van der Waals surface area contributed by atoms with E-state index in [1.807, 2.05) is 6.92 Å². The van der Waals surface area contributed by atoms with Crippen molar-refractivity contribution in [3.63, 3.8) is 0 Å². The zero-order valence-corrected chi connectivity index (χ0v) is 7.00. The molecule has 1 rings (SSSR count). The normalized spacial score (nSPS) is 28.2. The number of ether oxygens (including phenoxy) is 2. The number of hydrogen-bond donors (Lipinski definition) is 0. The fourth-order valence-corrected chi connectivity index (χ4v) is 0.832. The molecule has 0 amide bonds. The van der Waals surface area contributed by atoms with Gasteiger partial charge in [-0.15, -0.1) is 0 Å². The molecule has 3 heteroatoms. The maximum absolute atomic E-state index is 10.9. The molecule has 1 aliphatic heterocycles. The van der Waals surface area contributed by atoms with Crippen LogP contribution in [0.5, 0.6) is 0 Å². The molecule has 0 N–H and O–H groups in total. The highest BCUT2D eigenvalue weighted by Gasteiger charge is 2.42. The van der Waals surface area contributed by atoms with Crippen LogP contribution in [0.25, 0.3) is 0 Å². The van der Waals surface area contributed by atoms with Crippen molar-refractivity contribution in [1.29, 1.82) is 0 Å². The van der Waals surface area contributed by atoms with E-state index in [-0.39, 0.29) is 18.2 Å². The first-order valence-electron chi connectivity index (χ1n) is 4.07. The molecule has 0 bridgehead atoms. The zero-order valence-electron chi connectivity index (χ0n) is 7.00. The summed E-state index contributed by atoms with van der Waals surface area (Å²) in [6.07, 6.45) is 1.79. The van der Waals surface area contributed by atoms with Crippen LogP contribution in [0.15, 0.2) is 0 Å². The number of epoxide rings is 1. The Bertz CT molecular complexity index is 144. The van der Waals surface area contributed by atoms with Gasteiger partial charge in [-0.1, -0.05) is 13.3 Å². The van der Waals surface area contributed by atoms with E-state index in [9.17, 15) is 4.79 Å². The molecule has 0 saturated carbocycles. The van der Waals surface area contributed by atoms with E-state index in [0.29, 0.717) is 6.61 Å². The molecule has 0 radical (unpaired) electrons. The second-order valence-corrected chi connectivity index (χ2v) is 2.78. The highest BCUT2D eigenvalue weighted by atomic mass is 16.6. The van der Waals surface area contributed by atoms with Crippen LogP contribution >= 0.6 is 0 Å². The first kappa shape index (κ1) is 8.53. The quantitative estimate of drug-likeness (QED) is 0.349. The lowest BCUT2D eigenvalue weighted by Crippen LogP contribution is -2.13. The Balaban J connectivity index is 2.03. The summed E-state index contributed by atoms with van der Waals surface area (Å²) in [5, 5.41) is 0. The summed E-state index contributed by atoms with van der Waals surface area (Å²) < 4.78 is 9.85. The molecule has 1 aliphatic rings. The molecule has 3 nitrogen and oxygen atoms in total. The van der Waals surface area contributed by atoms with Crippen LogP contribution < -0.4 is 0 Å². The molecular weight excluding hydrogens is 144 g/mol. The van der Waals surface area contributed by atoms with Crippen LogP contribution in [0.2, 0.25) is 0 Å². The van der Waals surface area contributed by atoms with Gasteiger partial charge in [0, 0.05) is 0 Å². The molecule has 1 heterocycles. The highest BCUT2D eigenvalue weighted by Crippen LogP contribution is 2.21. The number of rotatable bonds is 4. The summed E-state index contributed by atoms with van der Waals surface area (Å²) in [4.78, 5) is 10.9. The van der Waals surface area contributed by atoms with E-state index in [0.717, 1.165) is 12.8 Å². The first-order valence-corrected chi connectivity index (χ1v) is 4.07. The summed E-state index contributed by atoms with van der Waals surface area (Å²) in [6.45, 7) is 4.46. The molecule has 1 fully saturated rings. The summed E-state index contributed by atoms with van der Waals surface area (Å²) in [5.74, 6) is -0.203. The number of carbonyl (C=O) groups excluding carboxylic acids is 1. The van der Waals surface area contributed by atoms with Crippen molar-refractivity contribution in [3.8, 4) is 0 Å². The third-order valence-electron chi connectivity index (χ3n) is 1.69. The van der Waals surface area contributed by atoms with Gasteiger partial charge in [0.15, 0.2) is 6.10 Å².